The normalized spacial score (nSPS) is 11.7. The van der Waals surface area contributed by atoms with Gasteiger partial charge in [-0.3, -0.25) is 4.68 Å². The van der Waals surface area contributed by atoms with Gasteiger partial charge in [0.15, 0.2) is 5.65 Å². The van der Waals surface area contributed by atoms with Gasteiger partial charge >= 0.3 is 6.18 Å². The van der Waals surface area contributed by atoms with Crippen molar-refractivity contribution in [3.63, 3.8) is 0 Å². The molecule has 0 spiro atoms. The van der Waals surface area contributed by atoms with Crippen molar-refractivity contribution in [3.8, 4) is 0 Å². The lowest BCUT2D eigenvalue weighted by Gasteiger charge is -2.12. The second-order valence-corrected chi connectivity index (χ2v) is 5.32. The monoisotopic (exact) mass is 351 g/mol. The third-order valence-corrected chi connectivity index (χ3v) is 3.47. The van der Waals surface area contributed by atoms with Crippen molar-refractivity contribution in [3.05, 3.63) is 36.0 Å². The molecule has 0 saturated carbocycles. The quantitative estimate of drug-likeness (QED) is 0.654. The largest absolute Gasteiger partial charge is 0.416 e. The topological polar surface area (TPSA) is 93.7 Å². The molecule has 0 radical (unpaired) electrons. The third-order valence-electron chi connectivity index (χ3n) is 3.47. The van der Waals surface area contributed by atoms with Crippen molar-refractivity contribution >= 4 is 28.5 Å². The zero-order valence-electron chi connectivity index (χ0n) is 13.3. The Hall–Kier alpha value is -2.88. The Balaban J connectivity index is 2.00. The van der Waals surface area contributed by atoms with E-state index in [1.165, 1.54) is 12.1 Å². The Morgan fingerprint density at radius 2 is 2.04 bits per heavy atom. The fourth-order valence-electron chi connectivity index (χ4n) is 2.29. The summed E-state index contributed by atoms with van der Waals surface area (Å²) in [5.41, 5.74) is 5.53. The van der Waals surface area contributed by atoms with Gasteiger partial charge in [0.2, 0.25) is 5.95 Å². The van der Waals surface area contributed by atoms with Crippen LogP contribution in [0.3, 0.4) is 0 Å². The first-order valence-corrected chi connectivity index (χ1v) is 7.46. The first kappa shape index (κ1) is 17.0. The first-order valence-electron chi connectivity index (χ1n) is 7.46. The molecule has 2 heterocycles. The molecule has 4 N–H and O–H groups in total. The van der Waals surface area contributed by atoms with Crippen LogP contribution in [0, 0.1) is 0 Å². The number of benzene rings is 1. The van der Waals surface area contributed by atoms with Crippen molar-refractivity contribution in [2.45, 2.75) is 6.18 Å². The second-order valence-electron chi connectivity index (χ2n) is 5.32. The van der Waals surface area contributed by atoms with Crippen LogP contribution < -0.4 is 16.4 Å². The van der Waals surface area contributed by atoms with Crippen molar-refractivity contribution in [1.82, 2.24) is 19.7 Å². The summed E-state index contributed by atoms with van der Waals surface area (Å²) in [4.78, 5) is 8.65. The van der Waals surface area contributed by atoms with Gasteiger partial charge in [0.25, 0.3) is 0 Å². The van der Waals surface area contributed by atoms with E-state index in [4.69, 9.17) is 5.73 Å². The Bertz CT molecular complexity index is 888. The Labute approximate surface area is 141 Å². The molecule has 7 nitrogen and oxygen atoms in total. The SMILES string of the molecule is Cn1ncc2c(Nc3cccc(C(F)(F)F)c3)nc(NCCN)nc21. The van der Waals surface area contributed by atoms with Crippen LogP contribution >= 0.6 is 0 Å². The number of halogens is 3. The van der Waals surface area contributed by atoms with E-state index in [0.717, 1.165) is 12.1 Å². The number of hydrogen-bond acceptors (Lipinski definition) is 6. The van der Waals surface area contributed by atoms with E-state index in [-0.39, 0.29) is 5.69 Å². The van der Waals surface area contributed by atoms with Crippen molar-refractivity contribution < 1.29 is 13.2 Å². The summed E-state index contributed by atoms with van der Waals surface area (Å²) in [5, 5.41) is 10.6. The summed E-state index contributed by atoms with van der Waals surface area (Å²) in [7, 11) is 1.72. The van der Waals surface area contributed by atoms with Crippen LogP contribution in [0.2, 0.25) is 0 Å². The number of nitrogens with two attached hydrogens (primary N) is 1. The maximum atomic E-state index is 12.9. The molecule has 0 aliphatic rings. The average molecular weight is 351 g/mol. The number of aromatic nitrogens is 4. The van der Waals surface area contributed by atoms with Crippen LogP contribution in [-0.4, -0.2) is 32.8 Å². The minimum atomic E-state index is -4.42. The maximum absolute atomic E-state index is 12.9. The smallest absolute Gasteiger partial charge is 0.353 e. The molecule has 0 amide bonds. The number of nitrogens with one attached hydrogen (secondary N) is 2. The molecule has 0 fully saturated rings. The predicted molar refractivity (Wildman–Crippen MR) is 88.6 cm³/mol. The maximum Gasteiger partial charge on any atom is 0.416 e. The first-order chi connectivity index (χ1) is 11.9. The fourth-order valence-corrected chi connectivity index (χ4v) is 2.29. The Kier molecular flexibility index (Phi) is 4.45. The van der Waals surface area contributed by atoms with Crippen molar-refractivity contribution in [1.29, 1.82) is 0 Å². The van der Waals surface area contributed by atoms with Gasteiger partial charge in [-0.05, 0) is 18.2 Å². The molecule has 0 aliphatic carbocycles. The summed E-state index contributed by atoms with van der Waals surface area (Å²) in [5.74, 6) is 0.674. The fraction of sp³-hybridized carbons (Fsp3) is 0.267. The minimum absolute atomic E-state index is 0.267. The number of nitrogens with zero attached hydrogens (tertiary/aromatic N) is 4. The van der Waals surface area contributed by atoms with Crippen LogP contribution in [0.5, 0.6) is 0 Å². The summed E-state index contributed by atoms with van der Waals surface area (Å²) in [6.45, 7) is 0.857. The zero-order valence-corrected chi connectivity index (χ0v) is 13.3. The predicted octanol–water partition coefficient (Wildman–Crippen LogP) is 2.50. The van der Waals surface area contributed by atoms with E-state index in [9.17, 15) is 13.2 Å². The van der Waals surface area contributed by atoms with Gasteiger partial charge in [0.05, 0.1) is 17.1 Å². The molecule has 2 aromatic heterocycles. The molecular weight excluding hydrogens is 335 g/mol. The highest BCUT2D eigenvalue weighted by atomic mass is 19.4. The van der Waals surface area contributed by atoms with E-state index in [0.29, 0.717) is 35.9 Å². The molecular formula is C15H16F3N7. The third kappa shape index (κ3) is 3.63. The average Bonchev–Trinajstić information content (AvgIpc) is 2.94. The van der Waals surface area contributed by atoms with E-state index < -0.39 is 11.7 Å². The molecule has 3 aromatic rings. The summed E-state index contributed by atoms with van der Waals surface area (Å²) >= 11 is 0. The van der Waals surface area contributed by atoms with Gasteiger partial charge in [-0.1, -0.05) is 6.07 Å². The lowest BCUT2D eigenvalue weighted by atomic mass is 10.2. The molecule has 3 rings (SSSR count). The number of aryl methyl sites for hydroxylation is 1. The van der Waals surface area contributed by atoms with Crippen LogP contribution in [0.1, 0.15) is 5.56 Å². The number of hydrogen-bond donors (Lipinski definition) is 3. The van der Waals surface area contributed by atoms with E-state index in [1.807, 2.05) is 0 Å². The summed E-state index contributed by atoms with van der Waals surface area (Å²) in [6, 6.07) is 4.91. The molecule has 0 aliphatic heterocycles. The second kappa shape index (κ2) is 6.55. The molecule has 25 heavy (non-hydrogen) atoms. The van der Waals surface area contributed by atoms with Gasteiger partial charge in [-0.2, -0.15) is 28.2 Å². The van der Waals surface area contributed by atoms with E-state index in [2.05, 4.69) is 25.7 Å². The van der Waals surface area contributed by atoms with Gasteiger partial charge in [0, 0.05) is 25.8 Å². The number of rotatable bonds is 5. The minimum Gasteiger partial charge on any atom is -0.353 e. The van der Waals surface area contributed by atoms with Crippen molar-refractivity contribution in [2.75, 3.05) is 23.7 Å². The zero-order chi connectivity index (χ0) is 18.0. The molecule has 0 atom stereocenters. The van der Waals surface area contributed by atoms with E-state index >= 15 is 0 Å². The van der Waals surface area contributed by atoms with Gasteiger partial charge in [-0.15, -0.1) is 0 Å². The van der Waals surface area contributed by atoms with Gasteiger partial charge in [-0.25, -0.2) is 0 Å². The molecule has 0 unspecified atom stereocenters. The number of alkyl halides is 3. The lowest BCUT2D eigenvalue weighted by molar-refractivity contribution is -0.137. The van der Waals surface area contributed by atoms with Crippen LogP contribution in [0.25, 0.3) is 11.0 Å². The van der Waals surface area contributed by atoms with Gasteiger partial charge in [0.1, 0.15) is 5.82 Å². The highest BCUT2D eigenvalue weighted by Crippen LogP contribution is 2.32. The summed E-state index contributed by atoms with van der Waals surface area (Å²) < 4.78 is 40.2. The van der Waals surface area contributed by atoms with Gasteiger partial charge < -0.3 is 16.4 Å². The van der Waals surface area contributed by atoms with Crippen LogP contribution in [-0.2, 0) is 13.2 Å². The Morgan fingerprint density at radius 3 is 2.76 bits per heavy atom. The highest BCUT2D eigenvalue weighted by molar-refractivity contribution is 5.89. The van der Waals surface area contributed by atoms with Crippen molar-refractivity contribution in [2.24, 2.45) is 12.8 Å². The molecule has 0 bridgehead atoms. The lowest BCUT2D eigenvalue weighted by Crippen LogP contribution is -2.15. The molecule has 10 heteroatoms. The number of anilines is 3. The molecule has 1 aromatic carbocycles. The standard InChI is InChI=1S/C15H16F3N7/c1-25-13-11(8-21-25)12(23-14(24-13)20-6-5-19)22-10-4-2-3-9(7-10)15(16,17)18/h2-4,7-8H,5-6,19H2,1H3,(H2,20,22,23,24). The molecule has 132 valence electrons. The summed E-state index contributed by atoms with van der Waals surface area (Å²) in [6.07, 6.45) is -2.86. The number of fused-ring (bicyclic) bond motifs is 1. The highest BCUT2D eigenvalue weighted by Gasteiger charge is 2.30. The van der Waals surface area contributed by atoms with Crippen LogP contribution in [0.4, 0.5) is 30.6 Å². The Morgan fingerprint density at radius 1 is 1.24 bits per heavy atom. The molecule has 0 saturated heterocycles. The van der Waals surface area contributed by atoms with E-state index in [1.54, 1.807) is 17.9 Å². The van der Waals surface area contributed by atoms with Crippen LogP contribution in [0.15, 0.2) is 30.5 Å².